The number of hydrogen-bond acceptors (Lipinski definition) is 3. The lowest BCUT2D eigenvalue weighted by Crippen LogP contribution is -2.41. The van der Waals surface area contributed by atoms with Crippen LogP contribution in [0.15, 0.2) is 36.8 Å². The molecule has 0 aliphatic heterocycles. The third kappa shape index (κ3) is 4.65. The summed E-state index contributed by atoms with van der Waals surface area (Å²) in [6, 6.07) is -0.979. The Morgan fingerprint density at radius 1 is 1.56 bits per heavy atom. The molecule has 1 atom stereocenters. The molecule has 6 heteroatoms. The van der Waals surface area contributed by atoms with E-state index < -0.39 is 17.9 Å². The van der Waals surface area contributed by atoms with Crippen molar-refractivity contribution in [2.75, 3.05) is 0 Å². The molecule has 0 saturated heterocycles. The highest BCUT2D eigenvalue weighted by molar-refractivity contribution is 5.91. The number of imidazole rings is 1. The predicted octanol–water partition coefficient (Wildman–Crippen LogP) is 0.654. The molecule has 1 amide bonds. The second-order valence-electron chi connectivity index (χ2n) is 3.57. The molecule has 96 valence electrons. The molecule has 1 rings (SSSR count). The third-order valence-electron chi connectivity index (χ3n) is 2.14. The van der Waals surface area contributed by atoms with Crippen LogP contribution in [0.2, 0.25) is 0 Å². The zero-order chi connectivity index (χ0) is 13.4. The SMILES string of the molecule is CC=CC=CC(=O)N[C@H](Cc1cnc[nH]1)C(=O)O. The van der Waals surface area contributed by atoms with Gasteiger partial charge in [0.25, 0.3) is 0 Å². The van der Waals surface area contributed by atoms with E-state index in [1.165, 1.54) is 18.6 Å². The Morgan fingerprint density at radius 3 is 2.89 bits per heavy atom. The average Bonchev–Trinajstić information content (AvgIpc) is 2.81. The topological polar surface area (TPSA) is 95.1 Å². The van der Waals surface area contributed by atoms with Gasteiger partial charge < -0.3 is 15.4 Å². The first-order valence-electron chi connectivity index (χ1n) is 5.43. The number of amides is 1. The summed E-state index contributed by atoms with van der Waals surface area (Å²) in [6.07, 6.45) is 9.43. The summed E-state index contributed by atoms with van der Waals surface area (Å²) in [4.78, 5) is 29.0. The molecule has 0 saturated carbocycles. The minimum atomic E-state index is -1.09. The molecular weight excluding hydrogens is 234 g/mol. The van der Waals surface area contributed by atoms with Crippen molar-refractivity contribution >= 4 is 11.9 Å². The second-order valence-corrected chi connectivity index (χ2v) is 3.57. The van der Waals surface area contributed by atoms with Crippen molar-refractivity contribution in [2.45, 2.75) is 19.4 Å². The summed E-state index contributed by atoms with van der Waals surface area (Å²) in [5, 5.41) is 11.4. The van der Waals surface area contributed by atoms with Crippen LogP contribution in [-0.2, 0) is 16.0 Å². The number of aromatic amines is 1. The number of carboxylic acid groups (broad SMARTS) is 1. The van der Waals surface area contributed by atoms with E-state index in [2.05, 4.69) is 15.3 Å². The quantitative estimate of drug-likeness (QED) is 0.509. The fourth-order valence-electron chi connectivity index (χ4n) is 1.29. The molecule has 0 aliphatic rings. The number of allylic oxidation sites excluding steroid dienone is 3. The Hall–Kier alpha value is -2.37. The van der Waals surface area contributed by atoms with Gasteiger partial charge >= 0.3 is 5.97 Å². The first-order valence-corrected chi connectivity index (χ1v) is 5.43. The Balaban J connectivity index is 2.58. The fourth-order valence-corrected chi connectivity index (χ4v) is 1.29. The highest BCUT2D eigenvalue weighted by Gasteiger charge is 2.19. The first-order chi connectivity index (χ1) is 8.63. The van der Waals surface area contributed by atoms with Crippen LogP contribution in [0.1, 0.15) is 12.6 Å². The Kier molecular flexibility index (Phi) is 5.37. The highest BCUT2D eigenvalue weighted by Crippen LogP contribution is 1.99. The van der Waals surface area contributed by atoms with Gasteiger partial charge in [0, 0.05) is 24.4 Å². The molecule has 1 aromatic heterocycles. The van der Waals surface area contributed by atoms with Crippen molar-refractivity contribution in [3.8, 4) is 0 Å². The summed E-state index contributed by atoms with van der Waals surface area (Å²) in [6.45, 7) is 1.82. The fraction of sp³-hybridized carbons (Fsp3) is 0.250. The Morgan fingerprint density at radius 2 is 2.33 bits per heavy atom. The van der Waals surface area contributed by atoms with Crippen molar-refractivity contribution in [3.63, 3.8) is 0 Å². The van der Waals surface area contributed by atoms with Gasteiger partial charge in [-0.1, -0.05) is 18.2 Å². The van der Waals surface area contributed by atoms with Gasteiger partial charge in [-0.15, -0.1) is 0 Å². The number of nitrogens with one attached hydrogen (secondary N) is 2. The van der Waals surface area contributed by atoms with Crippen LogP contribution in [0.4, 0.5) is 0 Å². The largest absolute Gasteiger partial charge is 0.480 e. The molecule has 3 N–H and O–H groups in total. The van der Waals surface area contributed by atoms with Crippen molar-refractivity contribution in [3.05, 3.63) is 42.5 Å². The molecule has 0 spiro atoms. The summed E-state index contributed by atoms with van der Waals surface area (Å²) >= 11 is 0. The molecule has 6 nitrogen and oxygen atoms in total. The average molecular weight is 249 g/mol. The Labute approximate surface area is 104 Å². The highest BCUT2D eigenvalue weighted by atomic mass is 16.4. The molecule has 0 fully saturated rings. The van der Waals surface area contributed by atoms with Crippen molar-refractivity contribution in [1.82, 2.24) is 15.3 Å². The number of aromatic nitrogens is 2. The van der Waals surface area contributed by atoms with Gasteiger partial charge in [-0.05, 0) is 6.92 Å². The molecule has 0 radical (unpaired) electrons. The maximum absolute atomic E-state index is 11.4. The molecule has 0 aromatic carbocycles. The van der Waals surface area contributed by atoms with Crippen LogP contribution < -0.4 is 5.32 Å². The number of H-pyrrole nitrogens is 1. The third-order valence-corrected chi connectivity index (χ3v) is 2.14. The van der Waals surface area contributed by atoms with Crippen LogP contribution in [0.25, 0.3) is 0 Å². The van der Waals surface area contributed by atoms with Gasteiger partial charge in [0.1, 0.15) is 6.04 Å². The van der Waals surface area contributed by atoms with E-state index in [9.17, 15) is 9.59 Å². The van der Waals surface area contributed by atoms with E-state index in [4.69, 9.17) is 5.11 Å². The van der Waals surface area contributed by atoms with Crippen LogP contribution >= 0.6 is 0 Å². The molecule has 18 heavy (non-hydrogen) atoms. The van der Waals surface area contributed by atoms with E-state index in [0.29, 0.717) is 5.69 Å². The number of aliphatic carboxylic acids is 1. The molecule has 1 heterocycles. The molecule has 0 bridgehead atoms. The maximum Gasteiger partial charge on any atom is 0.326 e. The number of hydrogen-bond donors (Lipinski definition) is 3. The zero-order valence-electron chi connectivity index (χ0n) is 9.96. The normalized spacial score (nSPS) is 12.9. The summed E-state index contributed by atoms with van der Waals surface area (Å²) in [5.41, 5.74) is 0.653. The van der Waals surface area contributed by atoms with Crippen molar-refractivity contribution in [1.29, 1.82) is 0 Å². The summed E-state index contributed by atoms with van der Waals surface area (Å²) in [7, 11) is 0. The lowest BCUT2D eigenvalue weighted by atomic mass is 10.1. The van der Waals surface area contributed by atoms with Crippen LogP contribution in [0.5, 0.6) is 0 Å². The van der Waals surface area contributed by atoms with E-state index >= 15 is 0 Å². The monoisotopic (exact) mass is 249 g/mol. The first kappa shape index (κ1) is 13.7. The van der Waals surface area contributed by atoms with Crippen molar-refractivity contribution < 1.29 is 14.7 Å². The number of carboxylic acids is 1. The van der Waals surface area contributed by atoms with Crippen molar-refractivity contribution in [2.24, 2.45) is 0 Å². The van der Waals surface area contributed by atoms with Crippen LogP contribution in [-0.4, -0.2) is 33.0 Å². The molecule has 0 aliphatic carbocycles. The summed E-state index contributed by atoms with van der Waals surface area (Å²) in [5.74, 6) is -1.53. The molecular formula is C12H15N3O3. The number of rotatable bonds is 6. The summed E-state index contributed by atoms with van der Waals surface area (Å²) < 4.78 is 0. The van der Waals surface area contributed by atoms with Gasteiger partial charge in [0.05, 0.1) is 6.33 Å². The lowest BCUT2D eigenvalue weighted by Gasteiger charge is -2.11. The zero-order valence-corrected chi connectivity index (χ0v) is 9.96. The maximum atomic E-state index is 11.4. The van der Waals surface area contributed by atoms with Gasteiger partial charge in [-0.25, -0.2) is 9.78 Å². The lowest BCUT2D eigenvalue weighted by molar-refractivity contribution is -0.141. The smallest absolute Gasteiger partial charge is 0.326 e. The van der Waals surface area contributed by atoms with Gasteiger partial charge in [0.15, 0.2) is 0 Å². The van der Waals surface area contributed by atoms with Gasteiger partial charge in [-0.3, -0.25) is 4.79 Å². The van der Waals surface area contributed by atoms with Crippen LogP contribution in [0, 0.1) is 0 Å². The minimum absolute atomic E-state index is 0.165. The van der Waals surface area contributed by atoms with E-state index in [1.807, 2.05) is 6.92 Å². The van der Waals surface area contributed by atoms with Crippen LogP contribution in [0.3, 0.4) is 0 Å². The van der Waals surface area contributed by atoms with Gasteiger partial charge in [0.2, 0.25) is 5.91 Å². The number of carbonyl (C=O) groups excluding carboxylic acids is 1. The van der Waals surface area contributed by atoms with Gasteiger partial charge in [-0.2, -0.15) is 0 Å². The second kappa shape index (κ2) is 7.05. The van der Waals surface area contributed by atoms with E-state index in [1.54, 1.807) is 18.2 Å². The minimum Gasteiger partial charge on any atom is -0.480 e. The Bertz CT molecular complexity index is 449. The van der Waals surface area contributed by atoms with E-state index in [-0.39, 0.29) is 6.42 Å². The molecule has 0 unspecified atom stereocenters. The number of nitrogens with zero attached hydrogens (tertiary/aromatic N) is 1. The van der Waals surface area contributed by atoms with E-state index in [0.717, 1.165) is 0 Å². The number of carbonyl (C=O) groups is 2. The molecule has 1 aromatic rings. The standard InChI is InChI=1S/C12H15N3O3/c1-2-3-4-5-11(16)15-10(12(17)18)6-9-7-13-8-14-9/h2-5,7-8,10H,6H2,1H3,(H,13,14)(H,15,16)(H,17,18)/t10-/m1/s1. The predicted molar refractivity (Wildman–Crippen MR) is 65.8 cm³/mol.